The Morgan fingerprint density at radius 1 is 1.05 bits per heavy atom. The molecule has 4 heterocycles. The number of ether oxygens (including phenoxy) is 2. The summed E-state index contributed by atoms with van der Waals surface area (Å²) in [7, 11) is 0. The number of halogens is 1. The fourth-order valence-electron chi connectivity index (χ4n) is 5.64. The molecule has 218 valence electrons. The zero-order valence-electron chi connectivity index (χ0n) is 23.5. The summed E-state index contributed by atoms with van der Waals surface area (Å²) in [6.45, 7) is 5.25. The van der Waals surface area contributed by atoms with Crippen LogP contribution in [0.5, 0.6) is 5.88 Å². The molecule has 1 atom stereocenters. The lowest BCUT2D eigenvalue weighted by molar-refractivity contribution is -0.0592. The third kappa shape index (κ3) is 6.05. The van der Waals surface area contributed by atoms with Gasteiger partial charge in [0.2, 0.25) is 5.88 Å². The van der Waals surface area contributed by atoms with Crippen LogP contribution in [-0.4, -0.2) is 62.1 Å². The van der Waals surface area contributed by atoms with Crippen LogP contribution in [-0.2, 0) is 24.4 Å². The van der Waals surface area contributed by atoms with Crippen molar-refractivity contribution in [3.8, 4) is 5.88 Å². The fourth-order valence-corrected chi connectivity index (χ4v) is 5.64. The molecule has 2 fully saturated rings. The summed E-state index contributed by atoms with van der Waals surface area (Å²) in [5.74, 6) is 0.110. The van der Waals surface area contributed by atoms with Gasteiger partial charge in [-0.05, 0) is 81.7 Å². The van der Waals surface area contributed by atoms with Crippen molar-refractivity contribution in [2.45, 2.75) is 57.9 Å². The molecule has 0 aliphatic carbocycles. The number of aromatic nitrogens is 3. The number of carbonyl (C=O) groups is 2. The van der Waals surface area contributed by atoms with Crippen molar-refractivity contribution >= 4 is 22.8 Å². The first-order valence-corrected chi connectivity index (χ1v) is 14.3. The minimum absolute atomic E-state index is 0.0112. The second-order valence-corrected chi connectivity index (χ2v) is 11.0. The molecule has 10 heteroatoms. The number of likely N-dealkylation sites (tertiary alicyclic amines) is 1. The second kappa shape index (κ2) is 12.0. The molecule has 0 amide bonds. The van der Waals surface area contributed by atoms with Gasteiger partial charge < -0.3 is 19.1 Å². The highest BCUT2D eigenvalue weighted by Crippen LogP contribution is 2.30. The van der Waals surface area contributed by atoms with Crippen molar-refractivity contribution < 1.29 is 28.6 Å². The molecule has 0 saturated carbocycles. The Balaban J connectivity index is 1.10. The van der Waals surface area contributed by atoms with Crippen molar-refractivity contribution in [2.24, 2.45) is 0 Å². The molecule has 1 unspecified atom stereocenters. The average molecular weight is 573 g/mol. The van der Waals surface area contributed by atoms with E-state index in [0.29, 0.717) is 30.1 Å². The first kappa shape index (κ1) is 28.0. The van der Waals surface area contributed by atoms with Crippen LogP contribution in [0.2, 0.25) is 0 Å². The number of carboxylic acid groups (broad SMARTS) is 1. The van der Waals surface area contributed by atoms with Crippen molar-refractivity contribution in [1.82, 2.24) is 19.4 Å². The molecule has 0 spiro atoms. The van der Waals surface area contributed by atoms with E-state index in [2.05, 4.69) is 9.47 Å². The van der Waals surface area contributed by atoms with Gasteiger partial charge in [0.1, 0.15) is 18.2 Å². The number of carboxylic acids is 1. The minimum atomic E-state index is -0.953. The molecule has 9 nitrogen and oxygen atoms in total. The van der Waals surface area contributed by atoms with Gasteiger partial charge in [0.05, 0.1) is 35.8 Å². The van der Waals surface area contributed by atoms with Gasteiger partial charge in [-0.15, -0.1) is 0 Å². The van der Waals surface area contributed by atoms with E-state index in [9.17, 15) is 19.1 Å². The smallest absolute Gasteiger partial charge is 0.335 e. The van der Waals surface area contributed by atoms with E-state index in [1.165, 1.54) is 25.1 Å². The lowest BCUT2D eigenvalue weighted by atomic mass is 9.93. The number of Topliss-reactive ketones (excluding diaryl/α,β-unsaturated/α-hetero) is 1. The Morgan fingerprint density at radius 3 is 2.55 bits per heavy atom. The summed E-state index contributed by atoms with van der Waals surface area (Å²) in [5.41, 5.74) is 3.57. The maximum Gasteiger partial charge on any atom is 0.335 e. The van der Waals surface area contributed by atoms with Gasteiger partial charge in [0.15, 0.2) is 5.78 Å². The number of hydrogen-bond donors (Lipinski definition) is 1. The molecule has 2 aromatic heterocycles. The summed E-state index contributed by atoms with van der Waals surface area (Å²) in [5, 5.41) is 9.50. The highest BCUT2D eigenvalue weighted by molar-refractivity contribution is 5.94. The molecule has 0 radical (unpaired) electrons. The molecule has 4 aromatic rings. The fraction of sp³-hybridized carbons (Fsp3) is 0.375. The van der Waals surface area contributed by atoms with Gasteiger partial charge in [-0.3, -0.25) is 9.69 Å². The lowest BCUT2D eigenvalue weighted by Crippen LogP contribution is -2.35. The van der Waals surface area contributed by atoms with E-state index < -0.39 is 11.8 Å². The predicted molar refractivity (Wildman–Crippen MR) is 153 cm³/mol. The summed E-state index contributed by atoms with van der Waals surface area (Å²) in [6, 6.07) is 15.0. The van der Waals surface area contributed by atoms with Crippen molar-refractivity contribution in [3.63, 3.8) is 0 Å². The van der Waals surface area contributed by atoms with E-state index >= 15 is 0 Å². The number of ketones is 1. The number of rotatable bonds is 10. The Bertz CT molecular complexity index is 1620. The van der Waals surface area contributed by atoms with Crippen molar-refractivity contribution in [2.75, 3.05) is 19.7 Å². The van der Waals surface area contributed by atoms with Gasteiger partial charge in [0, 0.05) is 35.4 Å². The normalized spacial score (nSPS) is 17.7. The number of hydrogen-bond acceptors (Lipinski definition) is 7. The summed E-state index contributed by atoms with van der Waals surface area (Å²) < 4.78 is 27.9. The van der Waals surface area contributed by atoms with Crippen molar-refractivity contribution in [3.05, 3.63) is 88.6 Å². The van der Waals surface area contributed by atoms with Crippen LogP contribution in [0.25, 0.3) is 11.0 Å². The largest absolute Gasteiger partial charge is 0.478 e. The predicted octanol–water partition coefficient (Wildman–Crippen LogP) is 5.22. The summed E-state index contributed by atoms with van der Waals surface area (Å²) in [4.78, 5) is 35.2. The Hall–Kier alpha value is -4.15. The number of imidazole rings is 1. The molecule has 42 heavy (non-hydrogen) atoms. The monoisotopic (exact) mass is 572 g/mol. The van der Waals surface area contributed by atoms with Gasteiger partial charge in [-0.1, -0.05) is 6.07 Å². The molecule has 6 rings (SSSR count). The van der Waals surface area contributed by atoms with E-state index in [1.54, 1.807) is 24.3 Å². The van der Waals surface area contributed by atoms with Crippen LogP contribution in [0.1, 0.15) is 69.9 Å². The topological polar surface area (TPSA) is 107 Å². The van der Waals surface area contributed by atoms with E-state index in [1.807, 2.05) is 12.1 Å². The number of benzene rings is 2. The standard InChI is InChI=1S/C32H33FN4O5/c1-20(38)22-5-7-26(33)24(15-22)19-42-31-4-2-3-27(35-31)21-9-12-36(13-10-21)18-30-34-28-8-6-23(32(39)40)16-29(28)37(30)17-25-11-14-41-25/h2-8,15-16,21,25H,9-14,17-19H2,1H3,(H,39,40). The van der Waals surface area contributed by atoms with Crippen molar-refractivity contribution in [1.29, 1.82) is 0 Å². The molecule has 2 aromatic carbocycles. The van der Waals surface area contributed by atoms with E-state index in [4.69, 9.17) is 19.4 Å². The molecule has 0 bridgehead atoms. The Morgan fingerprint density at radius 2 is 1.83 bits per heavy atom. The average Bonchev–Trinajstić information content (AvgIpc) is 3.30. The number of piperidine rings is 1. The van der Waals surface area contributed by atoms with Gasteiger partial charge >= 0.3 is 5.97 Å². The van der Waals surface area contributed by atoms with Gasteiger partial charge in [0.25, 0.3) is 0 Å². The maximum absolute atomic E-state index is 14.3. The first-order valence-electron chi connectivity index (χ1n) is 14.3. The lowest BCUT2D eigenvalue weighted by Gasteiger charge is -2.32. The highest BCUT2D eigenvalue weighted by Gasteiger charge is 2.26. The number of nitrogens with zero attached hydrogens (tertiary/aromatic N) is 4. The molecule has 2 aliphatic rings. The van der Waals surface area contributed by atoms with Crippen LogP contribution < -0.4 is 4.74 Å². The second-order valence-electron chi connectivity index (χ2n) is 11.0. The summed E-state index contributed by atoms with van der Waals surface area (Å²) >= 11 is 0. The zero-order valence-corrected chi connectivity index (χ0v) is 23.5. The number of pyridine rings is 1. The number of aromatic carboxylic acids is 1. The number of carbonyl (C=O) groups excluding carboxylic acids is 1. The number of fused-ring (bicyclic) bond motifs is 1. The van der Waals surface area contributed by atoms with Crippen LogP contribution in [0.3, 0.4) is 0 Å². The van der Waals surface area contributed by atoms with Crippen LogP contribution in [0.15, 0.2) is 54.6 Å². The molecule has 1 N–H and O–H groups in total. The Labute approximate surface area is 242 Å². The third-order valence-corrected chi connectivity index (χ3v) is 8.20. The maximum atomic E-state index is 14.3. The van der Waals surface area contributed by atoms with E-state index in [0.717, 1.165) is 61.5 Å². The third-order valence-electron chi connectivity index (χ3n) is 8.20. The highest BCUT2D eigenvalue weighted by atomic mass is 19.1. The van der Waals surface area contributed by atoms with E-state index in [-0.39, 0.29) is 30.0 Å². The van der Waals surface area contributed by atoms with Gasteiger partial charge in [-0.2, -0.15) is 0 Å². The SMILES string of the molecule is CC(=O)c1ccc(F)c(COc2cccc(C3CCN(Cc4nc5ccc(C(=O)O)cc5n4CC4CCO4)CC3)n2)c1. The van der Waals surface area contributed by atoms with Crippen LogP contribution >= 0.6 is 0 Å². The van der Waals surface area contributed by atoms with Crippen LogP contribution in [0.4, 0.5) is 4.39 Å². The first-order chi connectivity index (χ1) is 20.3. The zero-order chi connectivity index (χ0) is 29.2. The molecule has 2 saturated heterocycles. The summed E-state index contributed by atoms with van der Waals surface area (Å²) in [6.07, 6.45) is 2.94. The molecular formula is C32H33FN4O5. The molecule has 2 aliphatic heterocycles. The minimum Gasteiger partial charge on any atom is -0.478 e. The van der Waals surface area contributed by atoms with Gasteiger partial charge in [-0.25, -0.2) is 19.2 Å². The Kier molecular flexibility index (Phi) is 7.99. The quantitative estimate of drug-likeness (QED) is 0.258. The van der Waals surface area contributed by atoms with Crippen LogP contribution in [0, 0.1) is 5.82 Å². The molecular weight excluding hydrogens is 539 g/mol.